The lowest BCUT2D eigenvalue weighted by Gasteiger charge is -2.10. The van der Waals surface area contributed by atoms with Gasteiger partial charge in [0.1, 0.15) is 0 Å². The van der Waals surface area contributed by atoms with E-state index in [1.54, 1.807) is 24.3 Å². The van der Waals surface area contributed by atoms with Gasteiger partial charge in [-0.3, -0.25) is 9.52 Å². The Kier molecular flexibility index (Phi) is 4.21. The molecule has 0 spiro atoms. The van der Waals surface area contributed by atoms with Gasteiger partial charge in [-0.25, -0.2) is 17.8 Å². The normalized spacial score (nSPS) is 12.0. The van der Waals surface area contributed by atoms with E-state index in [4.69, 9.17) is 11.6 Å². The lowest BCUT2D eigenvalue weighted by Crippen LogP contribution is -2.27. The molecule has 1 N–H and O–H groups in total. The molecule has 0 aliphatic rings. The van der Waals surface area contributed by atoms with Gasteiger partial charge < -0.3 is 0 Å². The molecule has 0 radical (unpaired) electrons. The minimum Gasteiger partial charge on any atom is -0.279 e. The predicted molar refractivity (Wildman–Crippen MR) is 109 cm³/mol. The molecule has 4 rings (SSSR count). The van der Waals surface area contributed by atoms with Crippen LogP contribution in [0.1, 0.15) is 11.3 Å². The largest absolute Gasteiger partial charge is 0.280 e. The van der Waals surface area contributed by atoms with Gasteiger partial charge in [-0.1, -0.05) is 41.1 Å². The van der Waals surface area contributed by atoms with Crippen LogP contribution in [0.2, 0.25) is 5.02 Å². The van der Waals surface area contributed by atoms with Crippen LogP contribution in [0.25, 0.3) is 15.2 Å². The maximum absolute atomic E-state index is 13.1. The van der Waals surface area contributed by atoms with Gasteiger partial charge in [0, 0.05) is 5.02 Å². The number of fused-ring (bicyclic) bond motifs is 3. The Morgan fingerprint density at radius 3 is 2.63 bits per heavy atom. The monoisotopic (exact) mass is 419 g/mol. The quantitative estimate of drug-likeness (QED) is 0.544. The smallest absolute Gasteiger partial charge is 0.279 e. The number of hydrogen-bond acceptors (Lipinski definition) is 5. The molecule has 0 aliphatic heterocycles. The third kappa shape index (κ3) is 2.99. The molecule has 0 saturated carbocycles. The SMILES string of the molecule is Cc1ccc(NS(=O)(=O)c2c(C)nc3sc4ccccc4n3c2=O)cc1Cl. The fourth-order valence-corrected chi connectivity index (χ4v) is 5.40. The Morgan fingerprint density at radius 2 is 1.89 bits per heavy atom. The van der Waals surface area contributed by atoms with E-state index in [1.165, 1.54) is 28.7 Å². The molecule has 0 amide bonds. The highest BCUT2D eigenvalue weighted by atomic mass is 35.5. The average molecular weight is 420 g/mol. The summed E-state index contributed by atoms with van der Waals surface area (Å²) in [6.45, 7) is 3.33. The van der Waals surface area contributed by atoms with Crippen molar-refractivity contribution < 1.29 is 8.42 Å². The molecule has 27 heavy (non-hydrogen) atoms. The van der Waals surface area contributed by atoms with Gasteiger partial charge in [0.15, 0.2) is 9.86 Å². The molecule has 9 heteroatoms. The summed E-state index contributed by atoms with van der Waals surface area (Å²) in [5, 5.41) is 0.432. The number of sulfonamides is 1. The number of thiazole rings is 1. The highest BCUT2D eigenvalue weighted by Crippen LogP contribution is 2.26. The summed E-state index contributed by atoms with van der Waals surface area (Å²) in [6, 6.07) is 12.1. The van der Waals surface area contributed by atoms with E-state index < -0.39 is 15.6 Å². The number of rotatable bonds is 3. The van der Waals surface area contributed by atoms with Gasteiger partial charge >= 0.3 is 0 Å². The van der Waals surface area contributed by atoms with Crippen LogP contribution in [0.3, 0.4) is 0 Å². The summed E-state index contributed by atoms with van der Waals surface area (Å²) < 4.78 is 30.5. The minimum absolute atomic E-state index is 0.150. The molecule has 2 heterocycles. The first kappa shape index (κ1) is 18.0. The molecule has 4 aromatic rings. The van der Waals surface area contributed by atoms with Crippen molar-refractivity contribution in [2.45, 2.75) is 18.7 Å². The molecule has 138 valence electrons. The van der Waals surface area contributed by atoms with Crippen LogP contribution in [0.5, 0.6) is 0 Å². The number of anilines is 1. The first-order valence-electron chi connectivity index (χ1n) is 7.98. The Labute approximate surface area is 164 Å². The van der Waals surface area contributed by atoms with Gasteiger partial charge in [-0.15, -0.1) is 0 Å². The predicted octanol–water partition coefficient (Wildman–Crippen LogP) is 3.98. The summed E-state index contributed by atoms with van der Waals surface area (Å²) >= 11 is 7.40. The first-order valence-corrected chi connectivity index (χ1v) is 10.7. The number of hydrogen-bond donors (Lipinski definition) is 1. The fraction of sp³-hybridized carbons (Fsp3) is 0.111. The van der Waals surface area contributed by atoms with E-state index >= 15 is 0 Å². The van der Waals surface area contributed by atoms with E-state index in [-0.39, 0.29) is 16.3 Å². The van der Waals surface area contributed by atoms with Crippen molar-refractivity contribution in [3.63, 3.8) is 0 Å². The minimum atomic E-state index is -4.14. The number of para-hydroxylation sites is 1. The second-order valence-corrected chi connectivity index (χ2v) is 9.12. The van der Waals surface area contributed by atoms with Gasteiger partial charge in [-0.05, 0) is 43.7 Å². The van der Waals surface area contributed by atoms with Crippen molar-refractivity contribution in [1.82, 2.24) is 9.38 Å². The number of benzene rings is 2. The number of halogens is 1. The summed E-state index contributed by atoms with van der Waals surface area (Å²) in [6.07, 6.45) is 0. The highest BCUT2D eigenvalue weighted by Gasteiger charge is 2.25. The van der Waals surface area contributed by atoms with Crippen LogP contribution in [-0.2, 0) is 10.0 Å². The molecule has 2 aromatic heterocycles. The average Bonchev–Trinajstić information content (AvgIpc) is 2.95. The van der Waals surface area contributed by atoms with Gasteiger partial charge in [-0.2, -0.15) is 0 Å². The zero-order chi connectivity index (χ0) is 19.3. The van der Waals surface area contributed by atoms with Crippen LogP contribution < -0.4 is 10.3 Å². The molecule has 6 nitrogen and oxygen atoms in total. The summed E-state index contributed by atoms with van der Waals surface area (Å²) in [5.74, 6) is 0. The van der Waals surface area contributed by atoms with Gasteiger partial charge in [0.25, 0.3) is 15.6 Å². The molecule has 2 aromatic carbocycles. The number of aryl methyl sites for hydroxylation is 2. The van der Waals surface area contributed by atoms with E-state index in [0.717, 1.165) is 10.3 Å². The van der Waals surface area contributed by atoms with Gasteiger partial charge in [0.2, 0.25) is 0 Å². The molecule has 0 bridgehead atoms. The summed E-state index contributed by atoms with van der Waals surface area (Å²) in [4.78, 5) is 17.5. The van der Waals surface area contributed by atoms with Crippen molar-refractivity contribution >= 4 is 53.8 Å². The topological polar surface area (TPSA) is 80.5 Å². The lowest BCUT2D eigenvalue weighted by atomic mass is 10.2. The third-order valence-corrected chi connectivity index (χ3v) is 7.12. The van der Waals surface area contributed by atoms with Crippen LogP contribution in [0, 0.1) is 13.8 Å². The summed E-state index contributed by atoms with van der Waals surface area (Å²) in [5.41, 5.74) is 1.26. The molecule has 0 fully saturated rings. The van der Waals surface area contributed by atoms with Crippen LogP contribution in [0.4, 0.5) is 5.69 Å². The number of nitrogens with one attached hydrogen (secondary N) is 1. The second kappa shape index (κ2) is 6.33. The van der Waals surface area contributed by atoms with E-state index in [1.807, 2.05) is 19.1 Å². The molecule has 0 saturated heterocycles. The molecular formula is C18H14ClN3O3S2. The van der Waals surface area contributed by atoms with Crippen molar-refractivity contribution in [3.05, 3.63) is 69.1 Å². The number of aromatic nitrogens is 2. The molecular weight excluding hydrogens is 406 g/mol. The number of nitrogens with zero attached hydrogens (tertiary/aromatic N) is 2. The Balaban J connectivity index is 1.93. The summed E-state index contributed by atoms with van der Waals surface area (Å²) in [7, 11) is -4.14. The maximum Gasteiger partial charge on any atom is 0.280 e. The van der Waals surface area contributed by atoms with Crippen molar-refractivity contribution in [2.24, 2.45) is 0 Å². The van der Waals surface area contributed by atoms with Crippen LogP contribution in [-0.4, -0.2) is 17.8 Å². The zero-order valence-corrected chi connectivity index (χ0v) is 16.7. The zero-order valence-electron chi connectivity index (χ0n) is 14.4. The Bertz CT molecular complexity index is 1370. The maximum atomic E-state index is 13.1. The Morgan fingerprint density at radius 1 is 1.15 bits per heavy atom. The van der Waals surface area contributed by atoms with E-state index in [0.29, 0.717) is 15.5 Å². The first-order chi connectivity index (χ1) is 12.8. The molecule has 0 unspecified atom stereocenters. The standard InChI is InChI=1S/C18H14ClN3O3S2/c1-10-7-8-12(9-13(10)19)21-27(24,25)16-11(2)20-18-22(17(16)23)14-5-3-4-6-15(14)26-18/h3-9,21H,1-2H3. The fourth-order valence-electron chi connectivity index (χ4n) is 2.87. The third-order valence-electron chi connectivity index (χ3n) is 4.18. The Hall–Kier alpha value is -2.42. The van der Waals surface area contributed by atoms with Crippen molar-refractivity contribution in [1.29, 1.82) is 0 Å². The van der Waals surface area contributed by atoms with Crippen LogP contribution in [0.15, 0.2) is 52.2 Å². The van der Waals surface area contributed by atoms with Crippen LogP contribution >= 0.6 is 22.9 Å². The highest BCUT2D eigenvalue weighted by molar-refractivity contribution is 7.92. The van der Waals surface area contributed by atoms with E-state index in [9.17, 15) is 13.2 Å². The molecule has 0 aliphatic carbocycles. The van der Waals surface area contributed by atoms with Gasteiger partial charge in [0.05, 0.1) is 21.6 Å². The van der Waals surface area contributed by atoms with E-state index in [2.05, 4.69) is 9.71 Å². The van der Waals surface area contributed by atoms with Crippen molar-refractivity contribution in [3.8, 4) is 0 Å². The second-order valence-electron chi connectivity index (χ2n) is 6.09. The lowest BCUT2D eigenvalue weighted by molar-refractivity contribution is 0.598. The van der Waals surface area contributed by atoms with Crippen molar-refractivity contribution in [2.75, 3.05) is 4.72 Å². The molecule has 0 atom stereocenters.